The van der Waals surface area contributed by atoms with Gasteiger partial charge in [-0.2, -0.15) is 0 Å². The van der Waals surface area contributed by atoms with Gasteiger partial charge in [-0.3, -0.25) is 4.98 Å². The minimum atomic E-state index is 1.27. The molecular weight excluding hydrogens is 330 g/mol. The first-order valence-electron chi connectivity index (χ1n) is 7.89. The molecule has 0 atom stereocenters. The van der Waals surface area contributed by atoms with Crippen LogP contribution in [0.2, 0.25) is 0 Å². The van der Waals surface area contributed by atoms with Crippen molar-refractivity contribution >= 4 is 54.0 Å². The van der Waals surface area contributed by atoms with Gasteiger partial charge >= 0.3 is 0 Å². The van der Waals surface area contributed by atoms with Crippen molar-refractivity contribution in [3.63, 3.8) is 0 Å². The van der Waals surface area contributed by atoms with Crippen LogP contribution in [0.4, 0.5) is 0 Å². The summed E-state index contributed by atoms with van der Waals surface area (Å²) in [5.74, 6) is 0. The molecule has 6 rings (SSSR count). The lowest BCUT2D eigenvalue weighted by Crippen LogP contribution is -1.92. The Hall–Kier alpha value is -2.36. The van der Waals surface area contributed by atoms with Gasteiger partial charge in [-0.25, -0.2) is 0 Å². The molecule has 3 heterocycles. The highest BCUT2D eigenvalue weighted by molar-refractivity contribution is 7.99. The van der Waals surface area contributed by atoms with Gasteiger partial charge in [0.1, 0.15) is 0 Å². The molecule has 5 aromatic rings. The average molecular weight is 341 g/mol. The molecule has 0 saturated carbocycles. The van der Waals surface area contributed by atoms with Crippen LogP contribution in [-0.4, -0.2) is 4.98 Å². The summed E-state index contributed by atoms with van der Waals surface area (Å²) in [6.45, 7) is 0. The molecular formula is C21H11NS2. The average Bonchev–Trinajstić information content (AvgIpc) is 3.00. The van der Waals surface area contributed by atoms with E-state index >= 15 is 0 Å². The van der Waals surface area contributed by atoms with E-state index in [0.29, 0.717) is 0 Å². The van der Waals surface area contributed by atoms with E-state index in [9.17, 15) is 0 Å². The van der Waals surface area contributed by atoms with Gasteiger partial charge in [-0.1, -0.05) is 42.1 Å². The molecule has 2 aromatic heterocycles. The van der Waals surface area contributed by atoms with Crippen LogP contribution in [0.1, 0.15) is 0 Å². The molecule has 1 nitrogen and oxygen atoms in total. The van der Waals surface area contributed by atoms with Crippen LogP contribution in [0.25, 0.3) is 42.1 Å². The third-order valence-corrected chi connectivity index (χ3v) is 7.01. The molecule has 0 bridgehead atoms. The molecule has 3 aromatic carbocycles. The van der Waals surface area contributed by atoms with Crippen molar-refractivity contribution in [3.8, 4) is 11.1 Å². The standard InChI is InChI=1S/C21H11NS2/c1-2-6-16-12(4-1)14-10-19-21(15-11-22-9-8-17(15)24-19)13-5-3-7-18(23-16)20(13)14/h1-11H. The number of aromatic nitrogens is 1. The maximum atomic E-state index is 4.36. The second kappa shape index (κ2) is 4.59. The Morgan fingerprint density at radius 3 is 2.62 bits per heavy atom. The first-order valence-corrected chi connectivity index (χ1v) is 9.53. The first kappa shape index (κ1) is 13.0. The van der Waals surface area contributed by atoms with E-state index in [1.54, 1.807) is 0 Å². The number of fused-ring (bicyclic) bond motifs is 6. The van der Waals surface area contributed by atoms with Crippen LogP contribution >= 0.6 is 23.1 Å². The number of pyridine rings is 1. The topological polar surface area (TPSA) is 12.9 Å². The molecule has 0 N–H and O–H groups in total. The third-order valence-electron chi connectivity index (χ3n) is 4.75. The van der Waals surface area contributed by atoms with Crippen LogP contribution in [0.5, 0.6) is 0 Å². The lowest BCUT2D eigenvalue weighted by molar-refractivity contribution is 1.37. The molecule has 0 saturated heterocycles. The third kappa shape index (κ3) is 1.58. The molecule has 0 fully saturated rings. The van der Waals surface area contributed by atoms with Crippen molar-refractivity contribution in [1.82, 2.24) is 4.98 Å². The molecule has 3 heteroatoms. The van der Waals surface area contributed by atoms with Crippen LogP contribution in [-0.2, 0) is 0 Å². The Labute approximate surface area is 147 Å². The highest BCUT2D eigenvalue weighted by Gasteiger charge is 2.21. The lowest BCUT2D eigenvalue weighted by atomic mass is 9.95. The predicted molar refractivity (Wildman–Crippen MR) is 104 cm³/mol. The molecule has 0 amide bonds. The SMILES string of the molecule is c1ccc2c(c1)Sc1cccc3c1c-2cc1sc2ccncc2c13. The van der Waals surface area contributed by atoms with Gasteiger partial charge in [0.05, 0.1) is 0 Å². The van der Waals surface area contributed by atoms with Crippen LogP contribution in [0.3, 0.4) is 0 Å². The summed E-state index contributed by atoms with van der Waals surface area (Å²) in [5, 5.41) is 5.35. The zero-order valence-electron chi connectivity index (χ0n) is 12.6. The summed E-state index contributed by atoms with van der Waals surface area (Å²) in [6.07, 6.45) is 3.89. The highest BCUT2D eigenvalue weighted by atomic mass is 32.2. The number of nitrogens with zero attached hydrogens (tertiary/aromatic N) is 1. The summed E-state index contributed by atoms with van der Waals surface area (Å²) in [6, 6.07) is 19.9. The van der Waals surface area contributed by atoms with Gasteiger partial charge in [0, 0.05) is 47.7 Å². The minimum Gasteiger partial charge on any atom is -0.264 e. The summed E-state index contributed by atoms with van der Waals surface area (Å²) in [5.41, 5.74) is 2.71. The van der Waals surface area contributed by atoms with E-state index in [0.717, 1.165) is 0 Å². The van der Waals surface area contributed by atoms with E-state index in [4.69, 9.17) is 0 Å². The monoisotopic (exact) mass is 341 g/mol. The van der Waals surface area contributed by atoms with Gasteiger partial charge in [-0.15, -0.1) is 11.3 Å². The smallest absolute Gasteiger partial charge is 0.0386 e. The zero-order chi connectivity index (χ0) is 15.7. The molecule has 0 unspecified atom stereocenters. The number of benzene rings is 3. The Bertz CT molecular complexity index is 1280. The molecule has 0 spiro atoms. The molecule has 0 aliphatic carbocycles. The predicted octanol–water partition coefficient (Wildman–Crippen LogP) is 6.73. The van der Waals surface area contributed by atoms with Crippen LogP contribution in [0.15, 0.2) is 76.8 Å². The minimum absolute atomic E-state index is 1.27. The molecule has 0 radical (unpaired) electrons. The van der Waals surface area contributed by atoms with E-state index in [1.165, 1.54) is 51.9 Å². The Morgan fingerprint density at radius 1 is 0.708 bits per heavy atom. The Balaban J connectivity index is 1.91. The van der Waals surface area contributed by atoms with E-state index in [2.05, 4.69) is 59.6 Å². The number of rotatable bonds is 0. The second-order valence-corrected chi connectivity index (χ2v) is 8.22. The summed E-state index contributed by atoms with van der Waals surface area (Å²) in [4.78, 5) is 7.06. The van der Waals surface area contributed by atoms with Crippen molar-refractivity contribution in [3.05, 3.63) is 67.0 Å². The normalized spacial score (nSPS) is 12.8. The largest absolute Gasteiger partial charge is 0.264 e. The van der Waals surface area contributed by atoms with Crippen molar-refractivity contribution in [2.75, 3.05) is 0 Å². The van der Waals surface area contributed by atoms with E-state index in [1.807, 2.05) is 35.5 Å². The summed E-state index contributed by atoms with van der Waals surface area (Å²) >= 11 is 3.74. The molecule has 24 heavy (non-hydrogen) atoms. The number of thiophene rings is 1. The van der Waals surface area contributed by atoms with Gasteiger partial charge in [-0.05, 0) is 40.8 Å². The Kier molecular flexibility index (Phi) is 2.49. The van der Waals surface area contributed by atoms with Gasteiger partial charge in [0.15, 0.2) is 0 Å². The number of hydrogen-bond donors (Lipinski definition) is 0. The van der Waals surface area contributed by atoms with Gasteiger partial charge in [0.25, 0.3) is 0 Å². The maximum absolute atomic E-state index is 4.36. The van der Waals surface area contributed by atoms with Gasteiger partial charge < -0.3 is 0 Å². The maximum Gasteiger partial charge on any atom is 0.0386 e. The molecule has 1 aliphatic rings. The van der Waals surface area contributed by atoms with E-state index in [-0.39, 0.29) is 0 Å². The quantitative estimate of drug-likeness (QED) is 0.304. The second-order valence-electron chi connectivity index (χ2n) is 6.05. The Morgan fingerprint density at radius 2 is 1.62 bits per heavy atom. The molecule has 112 valence electrons. The van der Waals surface area contributed by atoms with Crippen LogP contribution < -0.4 is 0 Å². The fourth-order valence-corrected chi connectivity index (χ4v) is 6.02. The fraction of sp³-hybridized carbons (Fsp3) is 0. The summed E-state index contributed by atoms with van der Waals surface area (Å²) in [7, 11) is 0. The van der Waals surface area contributed by atoms with Crippen molar-refractivity contribution in [2.45, 2.75) is 9.79 Å². The lowest BCUT2D eigenvalue weighted by Gasteiger charge is -2.20. The first-order chi connectivity index (χ1) is 11.9. The van der Waals surface area contributed by atoms with Crippen LogP contribution in [0, 0.1) is 0 Å². The van der Waals surface area contributed by atoms with Gasteiger partial charge in [0.2, 0.25) is 0 Å². The van der Waals surface area contributed by atoms with E-state index < -0.39 is 0 Å². The fourth-order valence-electron chi connectivity index (χ4n) is 3.75. The number of hydrogen-bond acceptors (Lipinski definition) is 3. The highest BCUT2D eigenvalue weighted by Crippen LogP contribution is 2.51. The zero-order valence-corrected chi connectivity index (χ0v) is 14.2. The van der Waals surface area contributed by atoms with Crippen molar-refractivity contribution < 1.29 is 0 Å². The molecule has 1 aliphatic heterocycles. The van der Waals surface area contributed by atoms with Crippen molar-refractivity contribution in [2.24, 2.45) is 0 Å². The summed E-state index contributed by atoms with van der Waals surface area (Å²) < 4.78 is 2.66. The van der Waals surface area contributed by atoms with Crippen molar-refractivity contribution in [1.29, 1.82) is 0 Å².